The van der Waals surface area contributed by atoms with Crippen LogP contribution in [0.25, 0.3) is 0 Å². The lowest BCUT2D eigenvalue weighted by atomic mass is 10.1. The van der Waals surface area contributed by atoms with Crippen molar-refractivity contribution in [2.24, 2.45) is 0 Å². The number of hydrogen-bond donors (Lipinski definition) is 2. The molecule has 1 unspecified atom stereocenters. The molecule has 3 rings (SSSR count). The Labute approximate surface area is 115 Å². The minimum Gasteiger partial charge on any atom is -0.334 e. The van der Waals surface area contributed by atoms with E-state index in [1.165, 1.54) is 11.8 Å². The number of carbonyl (C=O) groups excluding carboxylic acids is 2. The fourth-order valence-corrected chi connectivity index (χ4v) is 3.16. The summed E-state index contributed by atoms with van der Waals surface area (Å²) in [6.45, 7) is 2.16. The van der Waals surface area contributed by atoms with Crippen molar-refractivity contribution in [2.45, 2.75) is 12.6 Å². The number of benzene rings is 1. The average Bonchev–Trinajstić information content (AvgIpc) is 2.74. The molecule has 5 nitrogen and oxygen atoms in total. The van der Waals surface area contributed by atoms with Gasteiger partial charge in [0.25, 0.3) is 11.1 Å². The van der Waals surface area contributed by atoms with Crippen LogP contribution < -0.4 is 15.5 Å². The normalized spacial score (nSPS) is 22.6. The van der Waals surface area contributed by atoms with Gasteiger partial charge in [-0.25, -0.2) is 0 Å². The molecule has 0 aromatic heterocycles. The Hall–Kier alpha value is -1.53. The maximum absolute atomic E-state index is 12.5. The first-order valence-corrected chi connectivity index (χ1v) is 7.27. The molecule has 6 heteroatoms. The van der Waals surface area contributed by atoms with E-state index in [2.05, 4.69) is 10.6 Å². The molecular formula is C13H15N3O2S. The molecule has 2 aliphatic heterocycles. The van der Waals surface area contributed by atoms with Crippen molar-refractivity contribution in [2.75, 3.05) is 23.7 Å². The number of anilines is 1. The summed E-state index contributed by atoms with van der Waals surface area (Å²) in [5.74, 6) is 0.499. The van der Waals surface area contributed by atoms with E-state index in [0.717, 1.165) is 24.3 Å². The fourth-order valence-electron chi connectivity index (χ4n) is 2.39. The Bertz CT molecular complexity index is 520. The summed E-state index contributed by atoms with van der Waals surface area (Å²) in [5, 5.41) is 5.90. The molecule has 2 heterocycles. The second-order valence-corrected chi connectivity index (χ2v) is 5.58. The summed E-state index contributed by atoms with van der Waals surface area (Å²) < 4.78 is 0. The van der Waals surface area contributed by atoms with Crippen molar-refractivity contribution in [3.8, 4) is 0 Å². The van der Waals surface area contributed by atoms with Crippen LogP contribution in [0.4, 0.5) is 10.5 Å². The van der Waals surface area contributed by atoms with Crippen molar-refractivity contribution in [3.63, 3.8) is 0 Å². The van der Waals surface area contributed by atoms with E-state index in [9.17, 15) is 9.59 Å². The Balaban J connectivity index is 1.87. The number of fused-ring (bicyclic) bond motifs is 1. The molecule has 0 aliphatic carbocycles. The van der Waals surface area contributed by atoms with Crippen molar-refractivity contribution < 1.29 is 9.59 Å². The van der Waals surface area contributed by atoms with Crippen molar-refractivity contribution in [3.05, 3.63) is 29.8 Å². The quantitative estimate of drug-likeness (QED) is 0.802. The molecule has 1 saturated heterocycles. The van der Waals surface area contributed by atoms with E-state index in [0.29, 0.717) is 12.3 Å². The van der Waals surface area contributed by atoms with E-state index in [1.807, 2.05) is 24.3 Å². The van der Waals surface area contributed by atoms with E-state index < -0.39 is 6.04 Å². The van der Waals surface area contributed by atoms with Gasteiger partial charge in [-0.1, -0.05) is 30.0 Å². The van der Waals surface area contributed by atoms with Crippen molar-refractivity contribution >= 4 is 28.6 Å². The number of nitrogens with zero attached hydrogens (tertiary/aromatic N) is 1. The first-order chi connectivity index (χ1) is 9.25. The van der Waals surface area contributed by atoms with Gasteiger partial charge < -0.3 is 15.5 Å². The Morgan fingerprint density at radius 3 is 3.00 bits per heavy atom. The summed E-state index contributed by atoms with van der Waals surface area (Å²) in [6.07, 6.45) is 0. The summed E-state index contributed by atoms with van der Waals surface area (Å²) in [4.78, 5) is 25.5. The van der Waals surface area contributed by atoms with Gasteiger partial charge in [-0.3, -0.25) is 9.59 Å². The molecule has 1 aromatic carbocycles. The van der Waals surface area contributed by atoms with Gasteiger partial charge in [-0.15, -0.1) is 0 Å². The number of amides is 2. The van der Waals surface area contributed by atoms with Crippen molar-refractivity contribution in [1.82, 2.24) is 10.6 Å². The smallest absolute Gasteiger partial charge is 0.279 e. The lowest BCUT2D eigenvalue weighted by molar-refractivity contribution is -0.119. The first kappa shape index (κ1) is 12.5. The predicted molar refractivity (Wildman–Crippen MR) is 75.3 cm³/mol. The molecule has 2 aliphatic rings. The number of carbonyl (C=O) groups is 2. The van der Waals surface area contributed by atoms with Crippen LogP contribution in [0.1, 0.15) is 5.56 Å². The highest BCUT2D eigenvalue weighted by atomic mass is 32.2. The molecule has 1 atom stereocenters. The van der Waals surface area contributed by atoms with Crippen molar-refractivity contribution in [1.29, 1.82) is 0 Å². The van der Waals surface area contributed by atoms with Crippen LogP contribution in [0.3, 0.4) is 0 Å². The highest BCUT2D eigenvalue weighted by Gasteiger charge is 2.33. The molecule has 0 radical (unpaired) electrons. The lowest BCUT2D eigenvalue weighted by Crippen LogP contribution is -2.47. The maximum Gasteiger partial charge on any atom is 0.279 e. The van der Waals surface area contributed by atoms with Gasteiger partial charge in [0.15, 0.2) is 0 Å². The molecule has 1 aromatic rings. The Kier molecular flexibility index (Phi) is 3.44. The van der Waals surface area contributed by atoms with Gasteiger partial charge >= 0.3 is 0 Å². The molecule has 0 spiro atoms. The van der Waals surface area contributed by atoms with E-state index >= 15 is 0 Å². The fraction of sp³-hybridized carbons (Fsp3) is 0.385. The van der Waals surface area contributed by atoms with Crippen LogP contribution in [0.5, 0.6) is 0 Å². The third kappa shape index (κ3) is 2.46. The van der Waals surface area contributed by atoms with Crippen LogP contribution in [-0.2, 0) is 11.3 Å². The molecule has 19 heavy (non-hydrogen) atoms. The van der Waals surface area contributed by atoms with Gasteiger partial charge in [-0.2, -0.15) is 0 Å². The minimum absolute atomic E-state index is 0.0190. The zero-order valence-corrected chi connectivity index (χ0v) is 11.2. The van der Waals surface area contributed by atoms with Gasteiger partial charge in [0, 0.05) is 31.1 Å². The summed E-state index contributed by atoms with van der Waals surface area (Å²) in [6, 6.07) is 7.50. The number of thioether (sulfide) groups is 1. The molecule has 0 bridgehead atoms. The van der Waals surface area contributed by atoms with Crippen LogP contribution in [0.15, 0.2) is 24.3 Å². The highest BCUT2D eigenvalue weighted by molar-refractivity contribution is 8.14. The number of nitrogens with one attached hydrogen (secondary N) is 2. The van der Waals surface area contributed by atoms with Gasteiger partial charge in [0.2, 0.25) is 0 Å². The molecule has 2 N–H and O–H groups in total. The SMILES string of the molecule is O=C1NC(C(=O)N2CCNCc3ccccc32)CS1. The second-order valence-electron chi connectivity index (χ2n) is 4.59. The third-order valence-electron chi connectivity index (χ3n) is 3.35. The number of para-hydroxylation sites is 1. The third-order valence-corrected chi connectivity index (χ3v) is 4.23. The van der Waals surface area contributed by atoms with Crippen LogP contribution in [0.2, 0.25) is 0 Å². The highest BCUT2D eigenvalue weighted by Crippen LogP contribution is 2.24. The van der Waals surface area contributed by atoms with Crippen LogP contribution in [0, 0.1) is 0 Å². The zero-order chi connectivity index (χ0) is 13.2. The van der Waals surface area contributed by atoms with E-state index in [1.54, 1.807) is 4.90 Å². The Morgan fingerprint density at radius 1 is 1.37 bits per heavy atom. The van der Waals surface area contributed by atoms with Gasteiger partial charge in [0.1, 0.15) is 6.04 Å². The van der Waals surface area contributed by atoms with Crippen LogP contribution >= 0.6 is 11.8 Å². The summed E-state index contributed by atoms with van der Waals surface area (Å²) in [7, 11) is 0. The van der Waals surface area contributed by atoms with E-state index in [4.69, 9.17) is 0 Å². The minimum atomic E-state index is -0.399. The maximum atomic E-state index is 12.5. The number of rotatable bonds is 1. The molecule has 1 fully saturated rings. The average molecular weight is 277 g/mol. The van der Waals surface area contributed by atoms with Gasteiger partial charge in [0.05, 0.1) is 0 Å². The van der Waals surface area contributed by atoms with Gasteiger partial charge in [-0.05, 0) is 11.6 Å². The second kappa shape index (κ2) is 5.22. The number of hydrogen-bond acceptors (Lipinski definition) is 4. The summed E-state index contributed by atoms with van der Waals surface area (Å²) in [5.41, 5.74) is 2.06. The van der Waals surface area contributed by atoms with Crippen LogP contribution in [-0.4, -0.2) is 36.0 Å². The Morgan fingerprint density at radius 2 is 2.21 bits per heavy atom. The predicted octanol–water partition coefficient (Wildman–Crippen LogP) is 0.948. The monoisotopic (exact) mass is 277 g/mol. The molecule has 0 saturated carbocycles. The molecule has 2 amide bonds. The molecule has 100 valence electrons. The first-order valence-electron chi connectivity index (χ1n) is 6.29. The standard InChI is InChI=1S/C13H15N3O2S/c17-12(10-8-19-13(18)15-10)16-6-5-14-7-9-3-1-2-4-11(9)16/h1-4,10,14H,5-8H2,(H,15,18). The zero-order valence-electron chi connectivity index (χ0n) is 10.4. The van der Waals surface area contributed by atoms with E-state index in [-0.39, 0.29) is 11.1 Å². The molecular weight excluding hydrogens is 262 g/mol. The topological polar surface area (TPSA) is 61.4 Å². The lowest BCUT2D eigenvalue weighted by Gasteiger charge is -2.25. The largest absolute Gasteiger partial charge is 0.334 e. The summed E-state index contributed by atoms with van der Waals surface area (Å²) >= 11 is 1.17.